The summed E-state index contributed by atoms with van der Waals surface area (Å²) < 4.78 is 5.20. The topological polar surface area (TPSA) is 26.0 Å². The standard InChI is InChI=1S/C10H6Cl3NOS/c11-7-4-8(12)10(14-9(7)13)16-5-6-2-1-3-15-6/h1-4H,5H2. The highest BCUT2D eigenvalue weighted by atomic mass is 35.5. The van der Waals surface area contributed by atoms with Crippen molar-refractivity contribution in [2.45, 2.75) is 10.8 Å². The number of rotatable bonds is 3. The number of hydrogen-bond donors (Lipinski definition) is 0. The minimum Gasteiger partial charge on any atom is -0.468 e. The van der Waals surface area contributed by atoms with Crippen LogP contribution in [0.5, 0.6) is 0 Å². The van der Waals surface area contributed by atoms with Gasteiger partial charge in [0.2, 0.25) is 0 Å². The summed E-state index contributed by atoms with van der Waals surface area (Å²) in [7, 11) is 0. The lowest BCUT2D eigenvalue weighted by Crippen LogP contribution is -1.85. The lowest BCUT2D eigenvalue weighted by molar-refractivity contribution is 0.530. The average molecular weight is 295 g/mol. The number of aromatic nitrogens is 1. The molecule has 0 aliphatic heterocycles. The van der Waals surface area contributed by atoms with Crippen LogP contribution < -0.4 is 0 Å². The number of pyridine rings is 1. The van der Waals surface area contributed by atoms with Crippen molar-refractivity contribution in [3.63, 3.8) is 0 Å². The van der Waals surface area contributed by atoms with Gasteiger partial charge in [0, 0.05) is 0 Å². The van der Waals surface area contributed by atoms with Crippen molar-refractivity contribution in [2.75, 3.05) is 0 Å². The highest BCUT2D eigenvalue weighted by molar-refractivity contribution is 7.98. The van der Waals surface area contributed by atoms with E-state index >= 15 is 0 Å². The van der Waals surface area contributed by atoms with Crippen molar-refractivity contribution in [3.05, 3.63) is 45.4 Å². The second-order valence-corrected chi connectivity index (χ2v) is 5.05. The predicted molar refractivity (Wildman–Crippen MR) is 67.5 cm³/mol. The smallest absolute Gasteiger partial charge is 0.149 e. The van der Waals surface area contributed by atoms with Crippen LogP contribution in [0.25, 0.3) is 0 Å². The number of hydrogen-bond acceptors (Lipinski definition) is 3. The zero-order chi connectivity index (χ0) is 11.5. The predicted octanol–water partition coefficient (Wildman–Crippen LogP) is 4.93. The third-order valence-electron chi connectivity index (χ3n) is 1.79. The van der Waals surface area contributed by atoms with Gasteiger partial charge in [-0.2, -0.15) is 0 Å². The van der Waals surface area contributed by atoms with E-state index in [-0.39, 0.29) is 5.15 Å². The summed E-state index contributed by atoms with van der Waals surface area (Å²) in [6.45, 7) is 0. The molecule has 84 valence electrons. The Kier molecular flexibility index (Phi) is 4.03. The minimum atomic E-state index is 0.257. The van der Waals surface area contributed by atoms with E-state index in [1.807, 2.05) is 12.1 Å². The largest absolute Gasteiger partial charge is 0.468 e. The van der Waals surface area contributed by atoms with Gasteiger partial charge in [0.05, 0.1) is 22.1 Å². The molecule has 0 atom stereocenters. The van der Waals surface area contributed by atoms with Crippen LogP contribution in [0.1, 0.15) is 5.76 Å². The van der Waals surface area contributed by atoms with Crippen molar-refractivity contribution >= 4 is 46.6 Å². The Morgan fingerprint density at radius 2 is 2.06 bits per heavy atom. The second kappa shape index (κ2) is 5.32. The van der Waals surface area contributed by atoms with Crippen molar-refractivity contribution in [1.82, 2.24) is 4.98 Å². The molecule has 0 bridgehead atoms. The number of thioether (sulfide) groups is 1. The van der Waals surface area contributed by atoms with Gasteiger partial charge in [0.15, 0.2) is 0 Å². The third kappa shape index (κ3) is 2.86. The van der Waals surface area contributed by atoms with Crippen LogP contribution in [-0.4, -0.2) is 4.98 Å². The molecule has 0 radical (unpaired) electrons. The summed E-state index contributed by atoms with van der Waals surface area (Å²) in [5.41, 5.74) is 0. The molecule has 0 aliphatic rings. The molecular weight excluding hydrogens is 289 g/mol. The molecule has 0 amide bonds. The van der Waals surface area contributed by atoms with Crippen LogP contribution in [0, 0.1) is 0 Å². The highest BCUT2D eigenvalue weighted by Crippen LogP contribution is 2.33. The van der Waals surface area contributed by atoms with E-state index < -0.39 is 0 Å². The molecule has 0 aliphatic carbocycles. The molecule has 0 spiro atoms. The van der Waals surface area contributed by atoms with Crippen molar-refractivity contribution in [2.24, 2.45) is 0 Å². The monoisotopic (exact) mass is 293 g/mol. The quantitative estimate of drug-likeness (QED) is 0.593. The van der Waals surface area contributed by atoms with Crippen molar-refractivity contribution in [1.29, 1.82) is 0 Å². The lowest BCUT2D eigenvalue weighted by Gasteiger charge is -2.03. The second-order valence-electron chi connectivity index (χ2n) is 2.92. The zero-order valence-corrected chi connectivity index (χ0v) is 11.0. The van der Waals surface area contributed by atoms with Gasteiger partial charge in [-0.05, 0) is 18.2 Å². The molecular formula is C10H6Cl3NOS. The molecule has 0 saturated heterocycles. The first kappa shape index (κ1) is 12.1. The SMILES string of the molecule is Clc1cc(Cl)c(SCc2ccco2)nc1Cl. The first-order valence-corrected chi connectivity index (χ1v) is 6.45. The minimum absolute atomic E-state index is 0.257. The van der Waals surface area contributed by atoms with Crippen LogP contribution in [0.4, 0.5) is 0 Å². The fraction of sp³-hybridized carbons (Fsp3) is 0.100. The summed E-state index contributed by atoms with van der Waals surface area (Å²) in [5, 5.41) is 1.75. The van der Waals surface area contributed by atoms with Gasteiger partial charge in [-0.1, -0.05) is 46.6 Å². The van der Waals surface area contributed by atoms with E-state index in [2.05, 4.69) is 4.98 Å². The molecule has 0 N–H and O–H groups in total. The summed E-state index contributed by atoms with van der Waals surface area (Å²) in [6, 6.07) is 5.31. The molecule has 2 heterocycles. The number of nitrogens with zero attached hydrogens (tertiary/aromatic N) is 1. The first-order chi connectivity index (χ1) is 7.66. The number of halogens is 3. The highest BCUT2D eigenvalue weighted by Gasteiger charge is 2.09. The Morgan fingerprint density at radius 1 is 1.25 bits per heavy atom. The van der Waals surface area contributed by atoms with Gasteiger partial charge < -0.3 is 4.42 Å². The molecule has 0 saturated carbocycles. The summed E-state index contributed by atoms with van der Waals surface area (Å²) >= 11 is 19.0. The zero-order valence-electron chi connectivity index (χ0n) is 7.91. The summed E-state index contributed by atoms with van der Waals surface area (Å²) in [6.07, 6.45) is 1.62. The fourth-order valence-electron chi connectivity index (χ4n) is 1.06. The van der Waals surface area contributed by atoms with Crippen LogP contribution >= 0.6 is 46.6 Å². The van der Waals surface area contributed by atoms with E-state index in [4.69, 9.17) is 39.2 Å². The van der Waals surface area contributed by atoms with E-state index in [0.717, 1.165) is 5.76 Å². The summed E-state index contributed by atoms with van der Waals surface area (Å²) in [4.78, 5) is 4.09. The maximum absolute atomic E-state index is 5.98. The van der Waals surface area contributed by atoms with Crippen LogP contribution in [0.2, 0.25) is 15.2 Å². The van der Waals surface area contributed by atoms with Crippen LogP contribution in [-0.2, 0) is 5.75 Å². The van der Waals surface area contributed by atoms with Crippen LogP contribution in [0.3, 0.4) is 0 Å². The Morgan fingerprint density at radius 3 is 2.75 bits per heavy atom. The molecule has 6 heteroatoms. The van der Waals surface area contributed by atoms with Crippen molar-refractivity contribution in [3.8, 4) is 0 Å². The number of furan rings is 1. The maximum Gasteiger partial charge on any atom is 0.149 e. The van der Waals surface area contributed by atoms with Gasteiger partial charge in [0.1, 0.15) is 15.9 Å². The maximum atomic E-state index is 5.98. The normalized spacial score (nSPS) is 10.7. The molecule has 2 nitrogen and oxygen atoms in total. The van der Waals surface area contributed by atoms with Gasteiger partial charge in [-0.25, -0.2) is 4.98 Å². The van der Waals surface area contributed by atoms with E-state index in [9.17, 15) is 0 Å². The Hall–Kier alpha value is -0.350. The molecule has 0 fully saturated rings. The van der Waals surface area contributed by atoms with Crippen LogP contribution in [0.15, 0.2) is 33.9 Å². The Bertz CT molecular complexity index is 487. The molecule has 0 aromatic carbocycles. The molecule has 16 heavy (non-hydrogen) atoms. The van der Waals surface area contributed by atoms with E-state index in [0.29, 0.717) is 20.8 Å². The van der Waals surface area contributed by atoms with Crippen molar-refractivity contribution < 1.29 is 4.42 Å². The summed E-state index contributed by atoms with van der Waals surface area (Å²) in [5.74, 6) is 1.51. The molecule has 0 unspecified atom stereocenters. The average Bonchev–Trinajstić information content (AvgIpc) is 2.74. The lowest BCUT2D eigenvalue weighted by atomic mass is 10.5. The van der Waals surface area contributed by atoms with Gasteiger partial charge in [-0.3, -0.25) is 0 Å². The van der Waals surface area contributed by atoms with Gasteiger partial charge in [0.25, 0.3) is 0 Å². The Balaban J connectivity index is 2.12. The molecule has 2 aromatic heterocycles. The fourth-order valence-corrected chi connectivity index (χ4v) is 2.57. The van der Waals surface area contributed by atoms with Gasteiger partial charge in [-0.15, -0.1) is 0 Å². The van der Waals surface area contributed by atoms with E-state index in [1.165, 1.54) is 11.8 Å². The Labute approximate surface area is 112 Å². The molecule has 2 rings (SSSR count). The van der Waals surface area contributed by atoms with E-state index in [1.54, 1.807) is 12.3 Å². The molecule has 2 aromatic rings. The third-order valence-corrected chi connectivity index (χ3v) is 3.87. The van der Waals surface area contributed by atoms with Gasteiger partial charge >= 0.3 is 0 Å². The first-order valence-electron chi connectivity index (χ1n) is 4.33.